The summed E-state index contributed by atoms with van der Waals surface area (Å²) in [5.41, 5.74) is 7.28. The molecule has 0 unspecified atom stereocenters. The Morgan fingerprint density at radius 2 is 1.61 bits per heavy atom. The Bertz CT molecular complexity index is 945. The van der Waals surface area contributed by atoms with Crippen LogP contribution in [0.25, 0.3) is 0 Å². The maximum absolute atomic E-state index is 13.2. The number of carbonyl (C=O) groups is 2. The highest BCUT2D eigenvalue weighted by Crippen LogP contribution is 2.47. The Balaban J connectivity index is 1.73. The van der Waals surface area contributed by atoms with Gasteiger partial charge in [0.1, 0.15) is 18.5 Å². The van der Waals surface area contributed by atoms with E-state index in [1.165, 1.54) is 0 Å². The molecule has 31 heavy (non-hydrogen) atoms. The van der Waals surface area contributed by atoms with E-state index in [9.17, 15) is 9.59 Å². The van der Waals surface area contributed by atoms with Gasteiger partial charge in [-0.15, -0.1) is 0 Å². The predicted octanol–water partition coefficient (Wildman–Crippen LogP) is 3.31. The highest BCUT2D eigenvalue weighted by molar-refractivity contribution is 5.95. The van der Waals surface area contributed by atoms with Crippen LogP contribution in [0.4, 0.5) is 0 Å². The molecule has 0 bridgehead atoms. The second-order valence-electron chi connectivity index (χ2n) is 8.71. The molecule has 2 atom stereocenters. The van der Waals surface area contributed by atoms with Gasteiger partial charge in [0, 0.05) is 13.3 Å². The summed E-state index contributed by atoms with van der Waals surface area (Å²) in [4.78, 5) is 27.4. The molecule has 5 heteroatoms. The Morgan fingerprint density at radius 3 is 2.13 bits per heavy atom. The minimum atomic E-state index is -0.857. The maximum atomic E-state index is 13.2. The van der Waals surface area contributed by atoms with E-state index in [0.717, 1.165) is 49.3 Å². The molecule has 1 aliphatic carbocycles. The number of primary amides is 1. The van der Waals surface area contributed by atoms with Crippen molar-refractivity contribution in [2.45, 2.75) is 51.0 Å². The van der Waals surface area contributed by atoms with Crippen LogP contribution in [-0.4, -0.2) is 46.3 Å². The van der Waals surface area contributed by atoms with Gasteiger partial charge in [-0.2, -0.15) is 4.90 Å². The van der Waals surface area contributed by atoms with Crippen molar-refractivity contribution in [3.63, 3.8) is 0 Å². The van der Waals surface area contributed by atoms with Crippen molar-refractivity contribution in [1.29, 1.82) is 0 Å². The number of hydrogen-bond acceptors (Lipinski definition) is 2. The van der Waals surface area contributed by atoms with Crippen molar-refractivity contribution >= 4 is 17.6 Å². The van der Waals surface area contributed by atoms with Gasteiger partial charge in [0.15, 0.2) is 0 Å². The van der Waals surface area contributed by atoms with Gasteiger partial charge in [0.05, 0.1) is 6.04 Å². The third-order valence-corrected chi connectivity index (χ3v) is 7.28. The maximum Gasteiger partial charge on any atom is 0.309 e. The first kappa shape index (κ1) is 21.3. The summed E-state index contributed by atoms with van der Waals surface area (Å²) in [6, 6.07) is 20.3. The highest BCUT2D eigenvalue weighted by atomic mass is 16.2. The fourth-order valence-electron chi connectivity index (χ4n) is 5.79. The molecule has 1 saturated carbocycles. The van der Waals surface area contributed by atoms with E-state index < -0.39 is 5.41 Å². The minimum Gasteiger partial charge on any atom is -0.369 e. The lowest BCUT2D eigenvalue weighted by molar-refractivity contribution is -0.556. The van der Waals surface area contributed by atoms with Gasteiger partial charge in [-0.1, -0.05) is 67.6 Å². The number of hydrogen-bond donors (Lipinski definition) is 1. The van der Waals surface area contributed by atoms with Crippen LogP contribution in [0.3, 0.4) is 0 Å². The van der Waals surface area contributed by atoms with E-state index in [1.54, 1.807) is 0 Å². The van der Waals surface area contributed by atoms with Crippen molar-refractivity contribution < 1.29 is 14.2 Å². The van der Waals surface area contributed by atoms with E-state index >= 15 is 0 Å². The fraction of sp³-hybridized carbons (Fsp3) is 0.423. The van der Waals surface area contributed by atoms with Gasteiger partial charge in [-0.3, -0.25) is 9.37 Å². The number of carbonyl (C=O) groups excluding carboxylic acids is 2. The number of benzene rings is 2. The molecule has 1 aliphatic heterocycles. The van der Waals surface area contributed by atoms with Gasteiger partial charge >= 0.3 is 5.91 Å². The van der Waals surface area contributed by atoms with E-state index in [2.05, 4.69) is 4.58 Å². The second-order valence-corrected chi connectivity index (χ2v) is 8.71. The average Bonchev–Trinajstić information content (AvgIpc) is 3.42. The van der Waals surface area contributed by atoms with E-state index in [0.29, 0.717) is 12.5 Å². The van der Waals surface area contributed by atoms with Crippen LogP contribution < -0.4 is 5.73 Å². The summed E-state index contributed by atoms with van der Waals surface area (Å²) in [7, 11) is 0. The van der Waals surface area contributed by atoms with Crippen LogP contribution in [0.1, 0.15) is 50.7 Å². The predicted molar refractivity (Wildman–Crippen MR) is 122 cm³/mol. The lowest BCUT2D eigenvalue weighted by atomic mass is 9.64. The molecule has 2 N–H and O–H groups in total. The molecule has 162 valence electrons. The highest BCUT2D eigenvalue weighted by Gasteiger charge is 2.51. The smallest absolute Gasteiger partial charge is 0.309 e. The molecular formula is C26H32N3O2+. The van der Waals surface area contributed by atoms with Crippen LogP contribution in [0.2, 0.25) is 0 Å². The number of nitrogens with two attached hydrogens (primary N) is 1. The first-order valence-corrected chi connectivity index (χ1v) is 11.3. The van der Waals surface area contributed by atoms with Crippen molar-refractivity contribution in [2.24, 2.45) is 11.7 Å². The number of amidine groups is 1. The van der Waals surface area contributed by atoms with Gasteiger partial charge in [-0.05, 0) is 36.3 Å². The number of nitrogens with zero attached hydrogens (tertiary/aromatic N) is 2. The molecule has 2 aliphatic rings. The standard InChI is InChI=1S/C26H31N3O2/c1-3-24(30)29-17-16-28(19(29)2)23-15-14-22(18-23)26(25(27)31,20-10-6-4-7-11-20)21-12-8-5-9-13-21/h4-13,22-23H,3,14-18H2,1-2H3,(H-,27,31)/p+1/t22-,23+/m1/s1. The Labute approximate surface area is 184 Å². The molecule has 1 heterocycles. The summed E-state index contributed by atoms with van der Waals surface area (Å²) < 4.78 is 2.37. The fourth-order valence-corrected chi connectivity index (χ4v) is 5.79. The lowest BCUT2D eigenvalue weighted by Crippen LogP contribution is -2.48. The third-order valence-electron chi connectivity index (χ3n) is 7.28. The molecule has 2 aromatic carbocycles. The summed E-state index contributed by atoms with van der Waals surface area (Å²) in [5.74, 6) is 1.03. The summed E-state index contributed by atoms with van der Waals surface area (Å²) in [6.45, 7) is 5.56. The van der Waals surface area contributed by atoms with E-state index in [1.807, 2.05) is 79.4 Å². The zero-order valence-electron chi connectivity index (χ0n) is 18.5. The SMILES string of the molecule is CCC(=O)N1CC[N+]([C@H]2CC[C@@H](C(C(N)=O)(c3ccccc3)c3ccccc3)C2)=C1C. The van der Waals surface area contributed by atoms with Crippen molar-refractivity contribution in [3.8, 4) is 0 Å². The molecule has 1 fully saturated rings. The molecular weight excluding hydrogens is 386 g/mol. The zero-order chi connectivity index (χ0) is 22.0. The Morgan fingerprint density at radius 1 is 1.03 bits per heavy atom. The van der Waals surface area contributed by atoms with Crippen LogP contribution in [0, 0.1) is 5.92 Å². The molecule has 5 nitrogen and oxygen atoms in total. The molecule has 2 amide bonds. The van der Waals surface area contributed by atoms with Gasteiger partial charge in [0.25, 0.3) is 5.84 Å². The van der Waals surface area contributed by atoms with Crippen LogP contribution >= 0.6 is 0 Å². The van der Waals surface area contributed by atoms with E-state index in [-0.39, 0.29) is 17.7 Å². The molecule has 4 rings (SSSR count). The average molecular weight is 419 g/mol. The lowest BCUT2D eigenvalue weighted by Gasteiger charge is -2.37. The largest absolute Gasteiger partial charge is 0.369 e. The summed E-state index contributed by atoms with van der Waals surface area (Å²) >= 11 is 0. The number of rotatable bonds is 6. The Hall–Kier alpha value is -2.95. The van der Waals surface area contributed by atoms with Gasteiger partial charge < -0.3 is 5.73 Å². The molecule has 2 aromatic rings. The second kappa shape index (κ2) is 8.66. The van der Waals surface area contributed by atoms with Crippen LogP contribution in [-0.2, 0) is 15.0 Å². The summed E-state index contributed by atoms with van der Waals surface area (Å²) in [5, 5.41) is 0. The minimum absolute atomic E-state index is 0.100. The Kier molecular flexibility index (Phi) is 5.94. The molecule has 0 saturated heterocycles. The van der Waals surface area contributed by atoms with Crippen LogP contribution in [0.5, 0.6) is 0 Å². The zero-order valence-corrected chi connectivity index (χ0v) is 18.5. The summed E-state index contributed by atoms with van der Waals surface area (Å²) in [6.07, 6.45) is 3.30. The molecule has 0 radical (unpaired) electrons. The van der Waals surface area contributed by atoms with E-state index in [4.69, 9.17) is 5.73 Å². The van der Waals surface area contributed by atoms with Crippen molar-refractivity contribution in [2.75, 3.05) is 13.1 Å². The molecule has 0 spiro atoms. The van der Waals surface area contributed by atoms with Crippen molar-refractivity contribution in [1.82, 2.24) is 4.90 Å². The van der Waals surface area contributed by atoms with Crippen molar-refractivity contribution in [3.05, 3.63) is 71.8 Å². The monoisotopic (exact) mass is 418 g/mol. The first-order chi connectivity index (χ1) is 15.0. The number of amides is 2. The van der Waals surface area contributed by atoms with Crippen LogP contribution in [0.15, 0.2) is 60.7 Å². The van der Waals surface area contributed by atoms with Gasteiger partial charge in [-0.25, -0.2) is 4.79 Å². The molecule has 0 aromatic heterocycles. The first-order valence-electron chi connectivity index (χ1n) is 11.3. The quantitative estimate of drug-likeness (QED) is 0.732. The van der Waals surface area contributed by atoms with Gasteiger partial charge in [0.2, 0.25) is 5.91 Å². The topological polar surface area (TPSA) is 66.4 Å². The normalized spacial score (nSPS) is 21.5. The third kappa shape index (κ3) is 3.56.